The lowest BCUT2D eigenvalue weighted by Crippen LogP contribution is -2.28. The molecule has 0 saturated carbocycles. The number of allylic oxidation sites excluding steroid dienone is 6. The van der Waals surface area contributed by atoms with E-state index in [1.165, 1.54) is 24.3 Å². The Morgan fingerprint density at radius 1 is 0.917 bits per heavy atom. The molecule has 0 aliphatic carbocycles. The predicted molar refractivity (Wildman–Crippen MR) is 188 cm³/mol. The first-order chi connectivity index (χ1) is 22.4. The Morgan fingerprint density at radius 3 is 2.19 bits per heavy atom. The number of nitrogens with one attached hydrogen (secondary N) is 1. The minimum atomic E-state index is -4.39. The number of anilines is 1. The van der Waals surface area contributed by atoms with Crippen LogP contribution in [-0.4, -0.2) is 61.8 Å². The highest BCUT2D eigenvalue weighted by Gasteiger charge is 2.45. The van der Waals surface area contributed by atoms with Gasteiger partial charge in [-0.25, -0.2) is 0 Å². The maximum absolute atomic E-state index is 12.0. The zero-order valence-electron chi connectivity index (χ0n) is 28.0. The number of likely N-dealkylation sites (N-methyl/N-ethyl adjacent to an activating group) is 1. The van der Waals surface area contributed by atoms with Crippen molar-refractivity contribution >= 4 is 43.2 Å². The summed E-state index contributed by atoms with van der Waals surface area (Å²) in [5.74, 6) is 2.31. The Hall–Kier alpha value is -4.02. The smallest absolute Gasteiger partial charge is 0.294 e. The molecule has 0 aromatic heterocycles. The van der Waals surface area contributed by atoms with Crippen LogP contribution in [0.15, 0.2) is 82.3 Å². The zero-order valence-corrected chi connectivity index (χ0v) is 29.7. The highest BCUT2D eigenvalue weighted by atomic mass is 32.2. The molecule has 256 valence electrons. The number of nitrogens with zero attached hydrogens (tertiary/aromatic N) is 2. The third-order valence-corrected chi connectivity index (χ3v) is 10.7. The minimum absolute atomic E-state index is 0.0786. The van der Waals surface area contributed by atoms with E-state index >= 15 is 0 Å². The Kier molecular flexibility index (Phi) is 10.9. The van der Waals surface area contributed by atoms with Crippen molar-refractivity contribution in [2.75, 3.05) is 24.5 Å². The van der Waals surface area contributed by atoms with Gasteiger partial charge in [-0.3, -0.25) is 13.9 Å². The molecule has 0 unspecified atom stereocenters. The van der Waals surface area contributed by atoms with Gasteiger partial charge in [0, 0.05) is 53.9 Å². The van der Waals surface area contributed by atoms with Gasteiger partial charge in [0.15, 0.2) is 5.71 Å². The second-order valence-corrected chi connectivity index (χ2v) is 15.8. The fraction of sp³-hybridized carbons (Fsp3) is 0.389. The Labute approximate surface area is 284 Å². The summed E-state index contributed by atoms with van der Waals surface area (Å²) in [7, 11) is -8.73. The fourth-order valence-electron chi connectivity index (χ4n) is 6.54. The lowest BCUT2D eigenvalue weighted by molar-refractivity contribution is -0.438. The first-order valence-corrected chi connectivity index (χ1v) is 18.7. The van der Waals surface area contributed by atoms with Gasteiger partial charge in [0.25, 0.3) is 20.2 Å². The zero-order chi connectivity index (χ0) is 35.5. The lowest BCUT2D eigenvalue weighted by Gasteiger charge is -2.25. The molecule has 2 aliphatic heterocycles. The van der Waals surface area contributed by atoms with Gasteiger partial charge in [0.1, 0.15) is 6.54 Å². The van der Waals surface area contributed by atoms with E-state index in [0.717, 1.165) is 46.8 Å². The molecule has 0 radical (unpaired) electrons. The molecule has 0 spiro atoms. The predicted octanol–water partition coefficient (Wildman–Crippen LogP) is 5.68. The SMILES string of the molecule is C#CCNC(=O)CCCCC[N+]1=C(/C=C/C=C/C=C2/N(CC)c3ccc(S(=O)(=O)O)cc3C2(C)C)C(C)(C)c2cc(S(=O)(=O)O)ccc21. The van der Waals surface area contributed by atoms with Crippen LogP contribution in [0.5, 0.6) is 0 Å². The highest BCUT2D eigenvalue weighted by molar-refractivity contribution is 7.86. The van der Waals surface area contributed by atoms with Crippen molar-refractivity contribution in [2.24, 2.45) is 0 Å². The minimum Gasteiger partial charge on any atom is -0.345 e. The maximum Gasteiger partial charge on any atom is 0.294 e. The van der Waals surface area contributed by atoms with E-state index in [4.69, 9.17) is 6.42 Å². The molecule has 3 N–H and O–H groups in total. The van der Waals surface area contributed by atoms with Gasteiger partial charge < -0.3 is 10.2 Å². The molecule has 4 rings (SSSR count). The Morgan fingerprint density at radius 2 is 1.56 bits per heavy atom. The van der Waals surface area contributed by atoms with Gasteiger partial charge in [-0.2, -0.15) is 21.4 Å². The van der Waals surface area contributed by atoms with Crippen molar-refractivity contribution in [1.29, 1.82) is 0 Å². The van der Waals surface area contributed by atoms with Crippen LogP contribution in [0.2, 0.25) is 0 Å². The Bertz CT molecular complexity index is 1980. The summed E-state index contributed by atoms with van der Waals surface area (Å²) >= 11 is 0. The normalized spacial score (nSPS) is 17.7. The molecule has 2 aromatic carbocycles. The van der Waals surface area contributed by atoms with Crippen LogP contribution in [0.4, 0.5) is 11.4 Å². The quantitative estimate of drug-likeness (QED) is 0.0799. The molecule has 10 nitrogen and oxygen atoms in total. The van der Waals surface area contributed by atoms with Gasteiger partial charge in [-0.15, -0.1) is 6.42 Å². The van der Waals surface area contributed by atoms with Crippen LogP contribution >= 0.6 is 0 Å². The highest BCUT2D eigenvalue weighted by Crippen LogP contribution is 2.48. The number of benzene rings is 2. The summed E-state index contributed by atoms with van der Waals surface area (Å²) in [5, 5.41) is 2.67. The van der Waals surface area contributed by atoms with Crippen molar-refractivity contribution in [3.05, 3.63) is 83.6 Å². The lowest BCUT2D eigenvalue weighted by atomic mass is 9.81. The largest absolute Gasteiger partial charge is 0.345 e. The van der Waals surface area contributed by atoms with Gasteiger partial charge in [-0.05, 0) is 75.6 Å². The van der Waals surface area contributed by atoms with E-state index in [2.05, 4.69) is 20.7 Å². The molecule has 2 aliphatic rings. The third-order valence-electron chi connectivity index (χ3n) is 9.04. The number of unbranched alkanes of at least 4 members (excludes halogenated alkanes) is 2. The topological polar surface area (TPSA) is 144 Å². The molecule has 0 bridgehead atoms. The van der Waals surface area contributed by atoms with E-state index in [9.17, 15) is 30.7 Å². The average molecular weight is 695 g/mol. The van der Waals surface area contributed by atoms with E-state index in [1.807, 2.05) is 65.0 Å². The molecular formula is C36H44N3O7S2+. The van der Waals surface area contributed by atoms with Crippen molar-refractivity contribution in [3.63, 3.8) is 0 Å². The number of rotatable bonds is 13. The molecule has 0 atom stereocenters. The summed E-state index contributed by atoms with van der Waals surface area (Å²) in [6.07, 6.45) is 17.6. The van der Waals surface area contributed by atoms with Gasteiger partial charge in [0.2, 0.25) is 11.6 Å². The number of fused-ring (bicyclic) bond motifs is 2. The first-order valence-electron chi connectivity index (χ1n) is 15.9. The summed E-state index contributed by atoms with van der Waals surface area (Å²) in [6.45, 7) is 11.6. The van der Waals surface area contributed by atoms with Crippen molar-refractivity contribution in [2.45, 2.75) is 80.9 Å². The van der Waals surface area contributed by atoms with Gasteiger partial charge in [0.05, 0.1) is 21.8 Å². The summed E-state index contributed by atoms with van der Waals surface area (Å²) in [4.78, 5) is 13.7. The second kappa shape index (κ2) is 14.2. The summed E-state index contributed by atoms with van der Waals surface area (Å²) in [5.41, 5.74) is 4.17. The number of terminal acetylenes is 1. The van der Waals surface area contributed by atoms with Crippen molar-refractivity contribution in [1.82, 2.24) is 5.32 Å². The number of hydrogen-bond donors (Lipinski definition) is 3. The van der Waals surface area contributed by atoms with Crippen LogP contribution in [-0.2, 0) is 35.9 Å². The molecule has 0 fully saturated rings. The summed E-state index contributed by atoms with van der Waals surface area (Å²) < 4.78 is 69.1. The standard InChI is InChI=1S/C36H43N3O7S2/c1-7-22-37-34(40)17-13-10-14-23-39-31-21-19-27(48(44,45)46)25-29(31)36(5,6)33(39)16-12-9-11-15-32-35(3,4)28-24-26(47(41,42)43)18-20-30(28)38(32)8-2/h1,9,11-12,15-16,18-21,24-25H,8,10,13-14,17,22-23H2,2-6H3,(H2-,37,40,41,42,43,44,45,46)/p+1. The number of carbonyl (C=O) groups excluding carboxylic acids is 1. The molecule has 2 heterocycles. The average Bonchev–Trinajstić information content (AvgIpc) is 3.36. The van der Waals surface area contributed by atoms with Crippen molar-refractivity contribution in [3.8, 4) is 12.3 Å². The van der Waals surface area contributed by atoms with E-state index in [1.54, 1.807) is 12.1 Å². The summed E-state index contributed by atoms with van der Waals surface area (Å²) in [6, 6.07) is 9.33. The Balaban J connectivity index is 1.60. The van der Waals surface area contributed by atoms with Crippen LogP contribution < -0.4 is 10.2 Å². The van der Waals surface area contributed by atoms with E-state index in [-0.39, 0.29) is 22.2 Å². The molecule has 1 amide bonds. The molecule has 12 heteroatoms. The van der Waals surface area contributed by atoms with Gasteiger partial charge >= 0.3 is 0 Å². The molecule has 2 aromatic rings. The van der Waals surface area contributed by atoms with Gasteiger partial charge in [-0.1, -0.05) is 38.0 Å². The van der Waals surface area contributed by atoms with Crippen LogP contribution in [0.3, 0.4) is 0 Å². The maximum atomic E-state index is 12.0. The second-order valence-electron chi connectivity index (χ2n) is 12.9. The molecular weight excluding hydrogens is 651 g/mol. The first kappa shape index (κ1) is 36.8. The van der Waals surface area contributed by atoms with Crippen LogP contribution in [0, 0.1) is 12.3 Å². The van der Waals surface area contributed by atoms with E-state index in [0.29, 0.717) is 25.9 Å². The number of amides is 1. The number of hydrogen-bond acceptors (Lipinski definition) is 6. The third kappa shape index (κ3) is 7.65. The fourth-order valence-corrected chi connectivity index (χ4v) is 7.55. The molecule has 48 heavy (non-hydrogen) atoms. The van der Waals surface area contributed by atoms with Crippen LogP contribution in [0.1, 0.15) is 71.4 Å². The number of carbonyl (C=O) groups is 1. The molecule has 0 saturated heterocycles. The van der Waals surface area contributed by atoms with E-state index < -0.39 is 31.1 Å². The monoisotopic (exact) mass is 694 g/mol. The van der Waals surface area contributed by atoms with Crippen LogP contribution in [0.25, 0.3) is 0 Å². The van der Waals surface area contributed by atoms with Crippen molar-refractivity contribution < 1.29 is 35.3 Å².